The molecule has 21 heavy (non-hydrogen) atoms. The number of rotatable bonds is 3. The number of benzene rings is 1. The monoisotopic (exact) mass is 306 g/mol. The van der Waals surface area contributed by atoms with Crippen LogP contribution in [0, 0.1) is 0 Å². The first-order valence-electron chi connectivity index (χ1n) is 6.94. The van der Waals surface area contributed by atoms with Gasteiger partial charge in [-0.1, -0.05) is 6.07 Å². The maximum absolute atomic E-state index is 12.6. The molecule has 1 saturated heterocycles. The zero-order chi connectivity index (χ0) is 15.0. The van der Waals surface area contributed by atoms with Crippen LogP contribution in [0.2, 0.25) is 0 Å². The fourth-order valence-corrected chi connectivity index (χ4v) is 4.88. The van der Waals surface area contributed by atoms with E-state index >= 15 is 0 Å². The standard InChI is InChI=1S/C15H18N2O3S/c1-10-14(6-8-20-10)21(18,19)9-11-4-5-13(16)12-3-2-7-17-15(11)12/h2-5,7,10,14H,6,8-9,16H2,1H3. The van der Waals surface area contributed by atoms with E-state index in [0.29, 0.717) is 29.8 Å². The number of fused-ring (bicyclic) bond motifs is 1. The molecule has 2 unspecified atom stereocenters. The minimum Gasteiger partial charge on any atom is -0.398 e. The van der Waals surface area contributed by atoms with Gasteiger partial charge < -0.3 is 10.5 Å². The molecule has 1 aromatic heterocycles. The van der Waals surface area contributed by atoms with Crippen LogP contribution in [0.25, 0.3) is 10.9 Å². The van der Waals surface area contributed by atoms with Gasteiger partial charge in [-0.2, -0.15) is 0 Å². The molecule has 2 aromatic rings. The summed E-state index contributed by atoms with van der Waals surface area (Å²) in [5, 5.41) is 0.356. The Morgan fingerprint density at radius 2 is 2.19 bits per heavy atom. The average Bonchev–Trinajstić information content (AvgIpc) is 2.89. The summed E-state index contributed by atoms with van der Waals surface area (Å²) >= 11 is 0. The molecular weight excluding hydrogens is 288 g/mol. The molecule has 2 heterocycles. The molecule has 0 spiro atoms. The van der Waals surface area contributed by atoms with Crippen molar-refractivity contribution in [3.05, 3.63) is 36.0 Å². The van der Waals surface area contributed by atoms with E-state index < -0.39 is 15.1 Å². The molecular formula is C15H18N2O3S. The maximum atomic E-state index is 12.6. The van der Waals surface area contributed by atoms with Crippen LogP contribution in [0.15, 0.2) is 30.5 Å². The van der Waals surface area contributed by atoms with Crippen LogP contribution >= 0.6 is 0 Å². The third-order valence-electron chi connectivity index (χ3n) is 4.01. The van der Waals surface area contributed by atoms with Crippen LogP contribution in [0.3, 0.4) is 0 Å². The van der Waals surface area contributed by atoms with Gasteiger partial charge in [0, 0.05) is 23.9 Å². The molecule has 0 saturated carbocycles. The highest BCUT2D eigenvalue weighted by molar-refractivity contribution is 7.91. The van der Waals surface area contributed by atoms with Gasteiger partial charge in [-0.25, -0.2) is 8.42 Å². The van der Waals surface area contributed by atoms with Crippen molar-refractivity contribution >= 4 is 26.4 Å². The van der Waals surface area contributed by atoms with Crippen molar-refractivity contribution in [1.29, 1.82) is 0 Å². The fourth-order valence-electron chi connectivity index (χ4n) is 2.88. The summed E-state index contributed by atoms with van der Waals surface area (Å²) in [6, 6.07) is 7.14. The van der Waals surface area contributed by atoms with Gasteiger partial charge in [0.15, 0.2) is 9.84 Å². The molecule has 1 aromatic carbocycles. The third-order valence-corrected chi connectivity index (χ3v) is 6.27. The Hall–Kier alpha value is -1.66. The lowest BCUT2D eigenvalue weighted by atomic mass is 10.1. The molecule has 3 rings (SSSR count). The SMILES string of the molecule is CC1OCCC1S(=O)(=O)Cc1ccc(N)c2cccnc12. The number of aromatic nitrogens is 1. The quantitative estimate of drug-likeness (QED) is 0.876. The zero-order valence-electron chi connectivity index (χ0n) is 11.8. The molecule has 2 N–H and O–H groups in total. The van der Waals surface area contributed by atoms with E-state index in [1.165, 1.54) is 0 Å². The maximum Gasteiger partial charge on any atom is 0.160 e. The third kappa shape index (κ3) is 2.61. The van der Waals surface area contributed by atoms with Crippen LogP contribution < -0.4 is 5.73 Å². The van der Waals surface area contributed by atoms with Crippen LogP contribution in [-0.4, -0.2) is 31.4 Å². The van der Waals surface area contributed by atoms with Crippen LogP contribution in [0.5, 0.6) is 0 Å². The Kier molecular flexibility index (Phi) is 3.59. The van der Waals surface area contributed by atoms with Gasteiger partial charge in [-0.05, 0) is 37.1 Å². The predicted molar refractivity (Wildman–Crippen MR) is 82.6 cm³/mol. The molecule has 2 atom stereocenters. The smallest absolute Gasteiger partial charge is 0.160 e. The zero-order valence-corrected chi connectivity index (χ0v) is 12.6. The molecule has 1 aliphatic heterocycles. The van der Waals surface area contributed by atoms with E-state index in [9.17, 15) is 8.42 Å². The highest BCUT2D eigenvalue weighted by Crippen LogP contribution is 2.28. The molecule has 6 heteroatoms. The Bertz CT molecular complexity index is 774. The Labute approximate surface area is 124 Å². The topological polar surface area (TPSA) is 82.3 Å². The second kappa shape index (κ2) is 5.27. The van der Waals surface area contributed by atoms with Gasteiger partial charge in [0.2, 0.25) is 0 Å². The van der Waals surface area contributed by atoms with E-state index in [4.69, 9.17) is 10.5 Å². The van der Waals surface area contributed by atoms with Crippen molar-refractivity contribution in [3.63, 3.8) is 0 Å². The second-order valence-electron chi connectivity index (χ2n) is 5.42. The van der Waals surface area contributed by atoms with Crippen molar-refractivity contribution in [3.8, 4) is 0 Å². The highest BCUT2D eigenvalue weighted by Gasteiger charge is 2.35. The summed E-state index contributed by atoms with van der Waals surface area (Å²) in [7, 11) is -3.27. The van der Waals surface area contributed by atoms with E-state index in [2.05, 4.69) is 4.98 Å². The van der Waals surface area contributed by atoms with E-state index in [-0.39, 0.29) is 11.9 Å². The highest BCUT2D eigenvalue weighted by atomic mass is 32.2. The number of pyridine rings is 1. The summed E-state index contributed by atoms with van der Waals surface area (Å²) in [5.41, 5.74) is 7.89. The number of hydrogen-bond donors (Lipinski definition) is 1. The number of nitrogens with two attached hydrogens (primary N) is 1. The Morgan fingerprint density at radius 3 is 2.90 bits per heavy atom. The Balaban J connectivity index is 2.00. The van der Waals surface area contributed by atoms with Crippen molar-refractivity contribution in [1.82, 2.24) is 4.98 Å². The molecule has 0 radical (unpaired) electrons. The lowest BCUT2D eigenvalue weighted by molar-refractivity contribution is 0.126. The first kappa shape index (κ1) is 14.3. The molecule has 0 aliphatic carbocycles. The summed E-state index contributed by atoms with van der Waals surface area (Å²) < 4.78 is 30.6. The summed E-state index contributed by atoms with van der Waals surface area (Å²) in [5.74, 6) is -0.0286. The van der Waals surface area contributed by atoms with E-state index in [1.807, 2.05) is 13.0 Å². The molecule has 1 aliphatic rings. The van der Waals surface area contributed by atoms with Gasteiger partial charge in [-0.3, -0.25) is 4.98 Å². The van der Waals surface area contributed by atoms with Crippen molar-refractivity contribution in [2.45, 2.75) is 30.5 Å². The number of nitrogen functional groups attached to an aromatic ring is 1. The van der Waals surface area contributed by atoms with Gasteiger partial charge in [0.1, 0.15) is 0 Å². The number of sulfone groups is 1. The first-order valence-corrected chi connectivity index (χ1v) is 8.66. The lowest BCUT2D eigenvalue weighted by Crippen LogP contribution is -2.29. The van der Waals surface area contributed by atoms with Crippen molar-refractivity contribution < 1.29 is 13.2 Å². The fraction of sp³-hybridized carbons (Fsp3) is 0.400. The minimum atomic E-state index is -3.27. The predicted octanol–water partition coefficient (Wildman–Crippen LogP) is 1.91. The second-order valence-corrected chi connectivity index (χ2v) is 7.64. The molecule has 112 valence electrons. The van der Waals surface area contributed by atoms with E-state index in [1.54, 1.807) is 24.4 Å². The number of ether oxygens (including phenoxy) is 1. The van der Waals surface area contributed by atoms with E-state index in [0.717, 1.165) is 5.39 Å². The van der Waals surface area contributed by atoms with Gasteiger partial charge in [0.05, 0.1) is 22.6 Å². The molecule has 0 bridgehead atoms. The normalized spacial score (nSPS) is 22.7. The minimum absolute atomic E-state index is 0.0286. The van der Waals surface area contributed by atoms with Crippen LogP contribution in [0.4, 0.5) is 5.69 Å². The number of nitrogens with zero attached hydrogens (tertiary/aromatic N) is 1. The molecule has 1 fully saturated rings. The van der Waals surface area contributed by atoms with Crippen LogP contribution in [0.1, 0.15) is 18.9 Å². The molecule has 0 amide bonds. The number of hydrogen-bond acceptors (Lipinski definition) is 5. The lowest BCUT2D eigenvalue weighted by Gasteiger charge is -2.16. The largest absolute Gasteiger partial charge is 0.398 e. The van der Waals surface area contributed by atoms with Gasteiger partial charge in [0.25, 0.3) is 0 Å². The molecule has 5 nitrogen and oxygen atoms in total. The van der Waals surface area contributed by atoms with Crippen molar-refractivity contribution in [2.24, 2.45) is 0 Å². The summed E-state index contributed by atoms with van der Waals surface area (Å²) in [6.07, 6.45) is 1.96. The summed E-state index contributed by atoms with van der Waals surface area (Å²) in [4.78, 5) is 4.30. The first-order chi connectivity index (χ1) is 9.99. The van der Waals surface area contributed by atoms with Crippen LogP contribution in [-0.2, 0) is 20.3 Å². The summed E-state index contributed by atoms with van der Waals surface area (Å²) in [6.45, 7) is 2.32. The van der Waals surface area contributed by atoms with Gasteiger partial charge >= 0.3 is 0 Å². The Morgan fingerprint density at radius 1 is 1.38 bits per heavy atom. The average molecular weight is 306 g/mol. The van der Waals surface area contributed by atoms with Crippen molar-refractivity contribution in [2.75, 3.05) is 12.3 Å². The number of anilines is 1. The van der Waals surface area contributed by atoms with Gasteiger partial charge in [-0.15, -0.1) is 0 Å².